The quantitative estimate of drug-likeness (QED) is 0.924. The molecule has 1 unspecified atom stereocenters. The zero-order valence-corrected chi connectivity index (χ0v) is 13.2. The Morgan fingerprint density at radius 3 is 2.95 bits per heavy atom. The maximum atomic E-state index is 14.1. The van der Waals surface area contributed by atoms with E-state index in [0.29, 0.717) is 18.3 Å². The normalized spacial score (nSPS) is 17.6. The lowest BCUT2D eigenvalue weighted by atomic mass is 9.98. The number of hydrogen-bond acceptors (Lipinski definition) is 4. The zero-order valence-electron chi connectivity index (χ0n) is 12.4. The number of anilines is 2. The number of aryl methyl sites for hydroxylation is 1. The SMILES string of the molecule is CCN(c1nc2c(s1)C(NC)CCC2)c1ccccc1F. The monoisotopic (exact) mass is 305 g/mol. The zero-order chi connectivity index (χ0) is 14.8. The van der Waals surface area contributed by atoms with Crippen LogP contribution in [-0.4, -0.2) is 18.6 Å². The van der Waals surface area contributed by atoms with Gasteiger partial charge < -0.3 is 10.2 Å². The van der Waals surface area contributed by atoms with E-state index in [-0.39, 0.29) is 5.82 Å². The summed E-state index contributed by atoms with van der Waals surface area (Å²) in [5, 5.41) is 4.26. The lowest BCUT2D eigenvalue weighted by molar-refractivity contribution is 0.501. The third kappa shape index (κ3) is 2.68. The molecule has 5 heteroatoms. The van der Waals surface area contributed by atoms with Crippen LogP contribution >= 0.6 is 11.3 Å². The Morgan fingerprint density at radius 2 is 2.24 bits per heavy atom. The van der Waals surface area contributed by atoms with Crippen LogP contribution in [0.25, 0.3) is 0 Å². The van der Waals surface area contributed by atoms with Crippen molar-refractivity contribution in [2.75, 3.05) is 18.5 Å². The number of fused-ring (bicyclic) bond motifs is 1. The summed E-state index contributed by atoms with van der Waals surface area (Å²) in [6.45, 7) is 2.74. The molecule has 0 spiro atoms. The third-order valence-corrected chi connectivity index (χ3v) is 5.21. The number of halogens is 1. The van der Waals surface area contributed by atoms with Crippen LogP contribution < -0.4 is 10.2 Å². The van der Waals surface area contributed by atoms with Crippen molar-refractivity contribution in [1.29, 1.82) is 0 Å². The van der Waals surface area contributed by atoms with Crippen molar-refractivity contribution in [1.82, 2.24) is 10.3 Å². The van der Waals surface area contributed by atoms with Gasteiger partial charge in [0.25, 0.3) is 0 Å². The molecule has 0 saturated carbocycles. The first kappa shape index (κ1) is 14.5. The summed E-state index contributed by atoms with van der Waals surface area (Å²) in [7, 11) is 1.99. The van der Waals surface area contributed by atoms with E-state index < -0.39 is 0 Å². The Balaban J connectivity index is 1.99. The van der Waals surface area contributed by atoms with Crippen LogP contribution in [0.15, 0.2) is 24.3 Å². The maximum absolute atomic E-state index is 14.1. The van der Waals surface area contributed by atoms with Gasteiger partial charge in [-0.2, -0.15) is 0 Å². The van der Waals surface area contributed by atoms with Gasteiger partial charge in [-0.15, -0.1) is 0 Å². The maximum Gasteiger partial charge on any atom is 0.190 e. The molecule has 0 bridgehead atoms. The van der Waals surface area contributed by atoms with Crippen LogP contribution in [0, 0.1) is 5.82 Å². The predicted molar refractivity (Wildman–Crippen MR) is 85.9 cm³/mol. The highest BCUT2D eigenvalue weighted by molar-refractivity contribution is 7.15. The minimum absolute atomic E-state index is 0.197. The lowest BCUT2D eigenvalue weighted by Gasteiger charge is -2.20. The van der Waals surface area contributed by atoms with E-state index in [9.17, 15) is 4.39 Å². The fourth-order valence-electron chi connectivity index (χ4n) is 2.88. The Labute approximate surface area is 128 Å². The number of aromatic nitrogens is 1. The topological polar surface area (TPSA) is 28.2 Å². The number of hydrogen-bond donors (Lipinski definition) is 1. The average Bonchev–Trinajstić information content (AvgIpc) is 2.93. The molecule has 3 nitrogen and oxygen atoms in total. The van der Waals surface area contributed by atoms with E-state index in [1.165, 1.54) is 16.6 Å². The summed E-state index contributed by atoms with van der Waals surface area (Å²) in [6.07, 6.45) is 3.34. The molecule has 2 aromatic rings. The molecule has 1 aromatic carbocycles. The van der Waals surface area contributed by atoms with E-state index in [4.69, 9.17) is 4.98 Å². The van der Waals surface area contributed by atoms with Crippen LogP contribution in [0.4, 0.5) is 15.2 Å². The molecular formula is C16H20FN3S. The predicted octanol–water partition coefficient (Wildman–Crippen LogP) is 4.04. The minimum atomic E-state index is -0.197. The largest absolute Gasteiger partial charge is 0.315 e. The number of benzene rings is 1. The molecule has 1 heterocycles. The van der Waals surface area contributed by atoms with Gasteiger partial charge in [0.2, 0.25) is 0 Å². The van der Waals surface area contributed by atoms with Gasteiger partial charge in [0.05, 0.1) is 11.4 Å². The second kappa shape index (κ2) is 6.12. The molecular weight excluding hydrogens is 285 g/mol. The summed E-state index contributed by atoms with van der Waals surface area (Å²) >= 11 is 1.69. The average molecular weight is 305 g/mol. The Morgan fingerprint density at radius 1 is 1.43 bits per heavy atom. The van der Waals surface area contributed by atoms with Gasteiger partial charge in [0, 0.05) is 17.5 Å². The molecule has 0 saturated heterocycles. The molecule has 0 amide bonds. The van der Waals surface area contributed by atoms with Crippen LogP contribution in [0.5, 0.6) is 0 Å². The second-order valence-corrected chi connectivity index (χ2v) is 6.25. The number of nitrogens with one attached hydrogen (secondary N) is 1. The first-order valence-corrected chi connectivity index (χ1v) is 8.25. The highest BCUT2D eigenvalue weighted by atomic mass is 32.1. The van der Waals surface area contributed by atoms with Crippen LogP contribution in [-0.2, 0) is 6.42 Å². The highest BCUT2D eigenvalue weighted by Gasteiger charge is 2.25. The van der Waals surface area contributed by atoms with Crippen molar-refractivity contribution >= 4 is 22.2 Å². The Bertz CT molecular complexity index is 626. The van der Waals surface area contributed by atoms with Gasteiger partial charge in [0.1, 0.15) is 5.82 Å². The van der Waals surface area contributed by atoms with E-state index in [0.717, 1.165) is 24.4 Å². The van der Waals surface area contributed by atoms with Gasteiger partial charge in [-0.05, 0) is 45.4 Å². The van der Waals surface area contributed by atoms with Crippen molar-refractivity contribution in [3.05, 3.63) is 40.7 Å². The molecule has 1 aliphatic rings. The molecule has 1 aromatic heterocycles. The molecule has 0 aliphatic heterocycles. The van der Waals surface area contributed by atoms with Gasteiger partial charge in [-0.25, -0.2) is 9.37 Å². The van der Waals surface area contributed by atoms with Gasteiger partial charge >= 0.3 is 0 Å². The van der Waals surface area contributed by atoms with E-state index in [1.54, 1.807) is 17.4 Å². The van der Waals surface area contributed by atoms with Crippen LogP contribution in [0.3, 0.4) is 0 Å². The minimum Gasteiger partial charge on any atom is -0.315 e. The summed E-state index contributed by atoms with van der Waals surface area (Å²) < 4.78 is 14.1. The number of nitrogens with zero attached hydrogens (tertiary/aromatic N) is 2. The van der Waals surface area contributed by atoms with Crippen molar-refractivity contribution < 1.29 is 4.39 Å². The molecule has 21 heavy (non-hydrogen) atoms. The Kier molecular flexibility index (Phi) is 4.22. The standard InChI is InChI=1S/C16H20FN3S/c1-3-20(14-10-5-4-7-11(14)17)16-19-13-9-6-8-12(18-2)15(13)21-16/h4-5,7,10,12,18H,3,6,8-9H2,1-2H3. The summed E-state index contributed by atoms with van der Waals surface area (Å²) in [5.74, 6) is -0.197. The number of thiazole rings is 1. The van der Waals surface area contributed by atoms with Crippen molar-refractivity contribution in [3.8, 4) is 0 Å². The molecule has 1 aliphatic carbocycles. The molecule has 112 valence electrons. The molecule has 3 rings (SSSR count). The van der Waals surface area contributed by atoms with Crippen molar-refractivity contribution in [2.45, 2.75) is 32.2 Å². The van der Waals surface area contributed by atoms with Gasteiger partial charge in [0.15, 0.2) is 5.13 Å². The highest BCUT2D eigenvalue weighted by Crippen LogP contribution is 2.39. The summed E-state index contributed by atoms with van der Waals surface area (Å²) in [6, 6.07) is 7.29. The van der Waals surface area contributed by atoms with E-state index in [1.807, 2.05) is 31.0 Å². The fraction of sp³-hybridized carbons (Fsp3) is 0.438. The van der Waals surface area contributed by atoms with E-state index in [2.05, 4.69) is 5.32 Å². The number of rotatable bonds is 4. The molecule has 1 atom stereocenters. The van der Waals surface area contributed by atoms with Crippen molar-refractivity contribution in [2.24, 2.45) is 0 Å². The fourth-order valence-corrected chi connectivity index (χ4v) is 4.21. The van der Waals surface area contributed by atoms with E-state index >= 15 is 0 Å². The second-order valence-electron chi connectivity index (χ2n) is 5.24. The van der Waals surface area contributed by atoms with Crippen LogP contribution in [0.2, 0.25) is 0 Å². The van der Waals surface area contributed by atoms with Crippen LogP contribution in [0.1, 0.15) is 36.4 Å². The first-order valence-electron chi connectivity index (χ1n) is 7.43. The van der Waals surface area contributed by atoms with Crippen molar-refractivity contribution in [3.63, 3.8) is 0 Å². The summed E-state index contributed by atoms with van der Waals surface area (Å²) in [5.41, 5.74) is 1.78. The Hall–Kier alpha value is -1.46. The third-order valence-electron chi connectivity index (χ3n) is 3.98. The first-order chi connectivity index (χ1) is 10.2. The molecule has 1 N–H and O–H groups in total. The smallest absolute Gasteiger partial charge is 0.190 e. The molecule has 0 fully saturated rings. The molecule has 0 radical (unpaired) electrons. The van der Waals surface area contributed by atoms with Gasteiger partial charge in [-0.1, -0.05) is 23.5 Å². The van der Waals surface area contributed by atoms with Gasteiger partial charge in [-0.3, -0.25) is 0 Å². The number of para-hydroxylation sites is 1. The summed E-state index contributed by atoms with van der Waals surface area (Å²) in [4.78, 5) is 8.05. The lowest BCUT2D eigenvalue weighted by Crippen LogP contribution is -2.19.